The number of aliphatic hydroxyl groups is 1. The largest absolute Gasteiger partial charge is 0.472 e. The summed E-state index contributed by atoms with van der Waals surface area (Å²) in [4.78, 5) is 48.9. The maximum atomic E-state index is 13.0. The van der Waals surface area contributed by atoms with E-state index in [1.54, 1.807) is 0 Å². The molecule has 12 heteroatoms. The van der Waals surface area contributed by atoms with E-state index in [1.807, 2.05) is 0 Å². The molecule has 480 valence electrons. The Morgan fingerprint density at radius 2 is 0.598 bits per heavy atom. The topological polar surface area (TPSA) is 155 Å². The van der Waals surface area contributed by atoms with Gasteiger partial charge in [-0.2, -0.15) is 0 Å². The Labute approximate surface area is 504 Å². The highest BCUT2D eigenvalue weighted by Crippen LogP contribution is 2.43. The summed E-state index contributed by atoms with van der Waals surface area (Å²) < 4.78 is 39.8. The number of aliphatic hydroxyl groups excluding tert-OH is 1. The van der Waals surface area contributed by atoms with Gasteiger partial charge in [-0.1, -0.05) is 288 Å². The van der Waals surface area contributed by atoms with Crippen molar-refractivity contribution in [1.29, 1.82) is 0 Å². The third kappa shape index (κ3) is 62.0. The van der Waals surface area contributed by atoms with Crippen molar-refractivity contribution in [2.45, 2.75) is 354 Å². The minimum Gasteiger partial charge on any atom is -0.462 e. The van der Waals surface area contributed by atoms with Gasteiger partial charge in [0.05, 0.1) is 19.8 Å². The van der Waals surface area contributed by atoms with E-state index in [0.29, 0.717) is 19.3 Å². The molecular weight excluding hydrogens is 1050 g/mol. The molecule has 0 aromatic carbocycles. The number of carbonyl (C=O) groups is 3. The predicted octanol–water partition coefficient (Wildman–Crippen LogP) is 21.3. The Morgan fingerprint density at radius 3 is 0.951 bits per heavy atom. The van der Waals surface area contributed by atoms with Gasteiger partial charge >= 0.3 is 25.7 Å². The van der Waals surface area contributed by atoms with Crippen LogP contribution in [0.3, 0.4) is 0 Å². The van der Waals surface area contributed by atoms with Gasteiger partial charge in [0.15, 0.2) is 6.10 Å². The molecular formula is C70H129O11P. The number of allylic oxidation sites excluding steroid dienone is 8. The Hall–Kier alpha value is -2.56. The predicted molar refractivity (Wildman–Crippen MR) is 344 cm³/mol. The van der Waals surface area contributed by atoms with Crippen molar-refractivity contribution in [3.8, 4) is 0 Å². The minimum absolute atomic E-state index is 0.154. The number of rotatable bonds is 65. The fraction of sp³-hybridized carbons (Fsp3) is 0.843. The summed E-state index contributed by atoms with van der Waals surface area (Å²) in [6.45, 7) is 4.68. The van der Waals surface area contributed by atoms with Crippen LogP contribution in [0.5, 0.6) is 0 Å². The van der Waals surface area contributed by atoms with Gasteiger partial charge in [-0.05, 0) is 83.5 Å². The number of hydrogen-bond acceptors (Lipinski definition) is 10. The summed E-state index contributed by atoms with van der Waals surface area (Å²) in [5, 5.41) is 9.88. The SMILES string of the molecule is CCCCC/C=C\C/C=C\C/C=C\CCCCCCCCC(=O)OC(COC(=O)CCCCCCCCC/C=C\CCCCCCCC)COP(=O)(O)OCC(CO)OC(=O)CCCCCCCCCCCCCCCCCCCCC. The van der Waals surface area contributed by atoms with Crippen molar-refractivity contribution < 1.29 is 52.2 Å². The Bertz CT molecular complexity index is 1560. The molecule has 0 aromatic rings. The van der Waals surface area contributed by atoms with E-state index in [-0.39, 0.29) is 25.9 Å². The van der Waals surface area contributed by atoms with Gasteiger partial charge in [-0.3, -0.25) is 23.4 Å². The van der Waals surface area contributed by atoms with Crippen LogP contribution in [0.1, 0.15) is 342 Å². The van der Waals surface area contributed by atoms with E-state index in [9.17, 15) is 28.9 Å². The van der Waals surface area contributed by atoms with Crippen LogP contribution < -0.4 is 0 Å². The third-order valence-electron chi connectivity index (χ3n) is 15.2. The van der Waals surface area contributed by atoms with E-state index in [2.05, 4.69) is 69.4 Å². The van der Waals surface area contributed by atoms with E-state index in [1.165, 1.54) is 186 Å². The Balaban J connectivity index is 4.66. The molecule has 0 saturated heterocycles. The van der Waals surface area contributed by atoms with E-state index in [0.717, 1.165) is 96.3 Å². The first-order valence-corrected chi connectivity index (χ1v) is 36.0. The van der Waals surface area contributed by atoms with Crippen molar-refractivity contribution in [1.82, 2.24) is 0 Å². The maximum Gasteiger partial charge on any atom is 0.472 e. The van der Waals surface area contributed by atoms with Crippen LogP contribution >= 0.6 is 7.82 Å². The number of phosphoric ester groups is 1. The van der Waals surface area contributed by atoms with Gasteiger partial charge in [-0.15, -0.1) is 0 Å². The van der Waals surface area contributed by atoms with E-state index < -0.39 is 57.8 Å². The molecule has 0 aliphatic carbocycles. The highest BCUT2D eigenvalue weighted by atomic mass is 31.2. The first kappa shape index (κ1) is 79.4. The molecule has 82 heavy (non-hydrogen) atoms. The number of unbranched alkanes of at least 4 members (excludes halogenated alkanes) is 40. The second-order valence-corrected chi connectivity index (χ2v) is 24.8. The quantitative estimate of drug-likeness (QED) is 0.0197. The zero-order valence-corrected chi connectivity index (χ0v) is 54.4. The molecule has 0 bridgehead atoms. The van der Waals surface area contributed by atoms with Crippen LogP contribution in [0.2, 0.25) is 0 Å². The molecule has 0 radical (unpaired) electrons. The molecule has 0 aliphatic rings. The molecule has 0 saturated carbocycles. The molecule has 3 atom stereocenters. The van der Waals surface area contributed by atoms with Crippen LogP contribution in [0.15, 0.2) is 48.6 Å². The monoisotopic (exact) mass is 1180 g/mol. The van der Waals surface area contributed by atoms with Crippen LogP contribution in [-0.2, 0) is 42.2 Å². The van der Waals surface area contributed by atoms with Crippen molar-refractivity contribution in [3.63, 3.8) is 0 Å². The zero-order valence-electron chi connectivity index (χ0n) is 53.5. The van der Waals surface area contributed by atoms with Crippen molar-refractivity contribution in [2.75, 3.05) is 26.4 Å². The second kappa shape index (κ2) is 64.4. The standard InChI is InChI=1S/C70H129O11P/c1-4-7-10-13-16-19-22-25-28-31-33-36-39-42-45-48-51-54-57-60-69(73)80-66(62-71)64-78-82(75,76)79-65-67(63-77-68(72)59-56-53-50-47-44-41-38-35-30-27-24-21-18-15-12-9-6-3)81-70(74)61-58-55-52-49-46-43-40-37-34-32-29-26-23-20-17-14-11-8-5-2/h17,20,26-27,29-30,34,37,66-67,71H,4-16,18-19,21-25,28,31-33,35-36,38-65H2,1-3H3,(H,75,76)/b20-17-,29-26-,30-27-,37-34-. The van der Waals surface area contributed by atoms with E-state index in [4.69, 9.17) is 23.3 Å². The molecule has 2 N–H and O–H groups in total. The third-order valence-corrected chi connectivity index (χ3v) is 16.2. The first-order valence-electron chi connectivity index (χ1n) is 34.5. The van der Waals surface area contributed by atoms with Crippen LogP contribution in [0.4, 0.5) is 0 Å². The summed E-state index contributed by atoms with van der Waals surface area (Å²) >= 11 is 0. The average Bonchev–Trinajstić information content (AvgIpc) is 3.50. The Morgan fingerprint density at radius 1 is 0.341 bits per heavy atom. The Kier molecular flexibility index (Phi) is 62.4. The second-order valence-electron chi connectivity index (χ2n) is 23.3. The van der Waals surface area contributed by atoms with Gasteiger partial charge < -0.3 is 24.2 Å². The molecule has 0 fully saturated rings. The average molecular weight is 1180 g/mol. The van der Waals surface area contributed by atoms with Crippen LogP contribution in [-0.4, -0.2) is 66.5 Å². The summed E-state index contributed by atoms with van der Waals surface area (Å²) in [7, 11) is -4.76. The number of carbonyl (C=O) groups excluding carboxylic acids is 3. The van der Waals surface area contributed by atoms with Crippen LogP contribution in [0.25, 0.3) is 0 Å². The lowest BCUT2D eigenvalue weighted by atomic mass is 10.0. The molecule has 0 spiro atoms. The molecule has 3 unspecified atom stereocenters. The lowest BCUT2D eigenvalue weighted by molar-refractivity contribution is -0.161. The summed E-state index contributed by atoms with van der Waals surface area (Å²) in [6.07, 6.45) is 72.0. The molecule has 0 aliphatic heterocycles. The van der Waals surface area contributed by atoms with Gasteiger partial charge in [0.25, 0.3) is 0 Å². The van der Waals surface area contributed by atoms with Gasteiger partial charge in [0, 0.05) is 19.3 Å². The molecule has 0 rings (SSSR count). The number of ether oxygens (including phenoxy) is 3. The van der Waals surface area contributed by atoms with Crippen molar-refractivity contribution in [3.05, 3.63) is 48.6 Å². The van der Waals surface area contributed by atoms with Crippen LogP contribution in [0, 0.1) is 0 Å². The van der Waals surface area contributed by atoms with Crippen molar-refractivity contribution >= 4 is 25.7 Å². The smallest absolute Gasteiger partial charge is 0.462 e. The number of esters is 3. The summed E-state index contributed by atoms with van der Waals surface area (Å²) in [5.41, 5.74) is 0. The fourth-order valence-electron chi connectivity index (χ4n) is 9.95. The molecule has 0 heterocycles. The molecule has 0 amide bonds. The summed E-state index contributed by atoms with van der Waals surface area (Å²) in [5.74, 6) is -1.46. The maximum absolute atomic E-state index is 13.0. The lowest BCUT2D eigenvalue weighted by Gasteiger charge is -2.21. The van der Waals surface area contributed by atoms with Gasteiger partial charge in [0.2, 0.25) is 0 Å². The minimum atomic E-state index is -4.76. The number of phosphoric acid groups is 1. The fourth-order valence-corrected chi connectivity index (χ4v) is 10.7. The highest BCUT2D eigenvalue weighted by molar-refractivity contribution is 7.47. The number of hydrogen-bond donors (Lipinski definition) is 2. The zero-order chi connectivity index (χ0) is 59.8. The highest BCUT2D eigenvalue weighted by Gasteiger charge is 2.28. The molecule has 11 nitrogen and oxygen atoms in total. The lowest BCUT2D eigenvalue weighted by Crippen LogP contribution is -2.30. The van der Waals surface area contributed by atoms with Gasteiger partial charge in [-0.25, -0.2) is 4.57 Å². The first-order chi connectivity index (χ1) is 40.2. The van der Waals surface area contributed by atoms with Crippen molar-refractivity contribution in [2.24, 2.45) is 0 Å². The summed E-state index contributed by atoms with van der Waals surface area (Å²) in [6, 6.07) is 0. The molecule has 0 aromatic heterocycles. The normalized spacial score (nSPS) is 13.5. The van der Waals surface area contributed by atoms with Gasteiger partial charge in [0.1, 0.15) is 12.7 Å². The van der Waals surface area contributed by atoms with E-state index >= 15 is 0 Å².